The fourth-order valence-corrected chi connectivity index (χ4v) is 4.81. The summed E-state index contributed by atoms with van der Waals surface area (Å²) in [5.74, 6) is 0. The van der Waals surface area contributed by atoms with Crippen LogP contribution in [0.3, 0.4) is 0 Å². The van der Waals surface area contributed by atoms with Gasteiger partial charge >= 0.3 is 8.80 Å². The molecule has 0 aliphatic heterocycles. The van der Waals surface area contributed by atoms with Crippen molar-refractivity contribution in [1.82, 2.24) is 0 Å². The zero-order valence-electron chi connectivity index (χ0n) is 13.8. The van der Waals surface area contributed by atoms with Gasteiger partial charge in [0.1, 0.15) is 0 Å². The lowest BCUT2D eigenvalue weighted by atomic mass is 10.2. The van der Waals surface area contributed by atoms with Crippen molar-refractivity contribution in [2.24, 2.45) is 0 Å². The molecule has 0 radical (unpaired) electrons. The van der Waals surface area contributed by atoms with Gasteiger partial charge in [0.05, 0.1) is 0 Å². The molecule has 21 heavy (non-hydrogen) atoms. The molecule has 1 rings (SSSR count). The summed E-state index contributed by atoms with van der Waals surface area (Å²) in [5.41, 5.74) is 0.561. The predicted molar refractivity (Wildman–Crippen MR) is 85.2 cm³/mol. The molecule has 0 amide bonds. The SMILES string of the molecule is CC(C)O[Si](OC(C)C)(OC(C)C)C(=O)c1ccccc1. The summed E-state index contributed by atoms with van der Waals surface area (Å²) >= 11 is 0. The first kappa shape index (κ1) is 18.0. The Morgan fingerprint density at radius 3 is 1.52 bits per heavy atom. The van der Waals surface area contributed by atoms with Crippen molar-refractivity contribution >= 4 is 14.2 Å². The summed E-state index contributed by atoms with van der Waals surface area (Å²) in [6.45, 7) is 11.3. The molecule has 0 aliphatic rings. The van der Waals surface area contributed by atoms with Crippen molar-refractivity contribution in [2.45, 2.75) is 59.9 Å². The van der Waals surface area contributed by atoms with Crippen LogP contribution in [0.5, 0.6) is 0 Å². The Hall–Kier alpha value is -1.01. The Bertz CT molecular complexity index is 416. The molecule has 0 saturated carbocycles. The summed E-state index contributed by atoms with van der Waals surface area (Å²) < 4.78 is 17.8. The van der Waals surface area contributed by atoms with E-state index in [9.17, 15) is 4.79 Å². The second kappa shape index (κ2) is 7.84. The van der Waals surface area contributed by atoms with E-state index in [2.05, 4.69) is 0 Å². The van der Waals surface area contributed by atoms with Crippen LogP contribution in [0.2, 0.25) is 0 Å². The minimum atomic E-state index is -3.47. The summed E-state index contributed by atoms with van der Waals surface area (Å²) in [6.07, 6.45) is -0.453. The van der Waals surface area contributed by atoms with Crippen molar-refractivity contribution in [1.29, 1.82) is 0 Å². The number of carbonyl (C=O) groups is 1. The summed E-state index contributed by atoms with van der Waals surface area (Å²) in [5, 5.41) is -0.181. The Morgan fingerprint density at radius 1 is 0.810 bits per heavy atom. The van der Waals surface area contributed by atoms with E-state index in [1.807, 2.05) is 59.7 Å². The summed E-state index contributed by atoms with van der Waals surface area (Å²) in [6, 6.07) is 9.05. The number of benzene rings is 1. The molecular weight excluding hydrogens is 284 g/mol. The van der Waals surface area contributed by atoms with Crippen LogP contribution in [0.1, 0.15) is 51.9 Å². The third-order valence-electron chi connectivity index (χ3n) is 2.49. The van der Waals surface area contributed by atoms with Gasteiger partial charge in [-0.15, -0.1) is 0 Å². The molecule has 1 aromatic rings. The fourth-order valence-electron chi connectivity index (χ4n) is 1.94. The van der Waals surface area contributed by atoms with Gasteiger partial charge in [-0.2, -0.15) is 0 Å². The van der Waals surface area contributed by atoms with Crippen molar-refractivity contribution in [3.05, 3.63) is 35.9 Å². The smallest absolute Gasteiger partial charge is 0.366 e. The standard InChI is InChI=1S/C16H26O4Si/c1-12(2)18-21(19-13(3)4,20-14(5)6)16(17)15-10-8-7-9-11-15/h7-14H,1-6H3. The lowest BCUT2D eigenvalue weighted by molar-refractivity contribution is 0.00460. The molecule has 0 heterocycles. The Balaban J connectivity index is 3.21. The number of rotatable bonds is 8. The van der Waals surface area contributed by atoms with Crippen LogP contribution in [0.4, 0.5) is 0 Å². The molecule has 0 bridgehead atoms. The second-order valence-corrected chi connectivity index (χ2v) is 8.02. The third kappa shape index (κ3) is 5.35. The van der Waals surface area contributed by atoms with Crippen LogP contribution in [0.15, 0.2) is 30.3 Å². The van der Waals surface area contributed by atoms with Gasteiger partial charge < -0.3 is 13.3 Å². The molecule has 118 valence electrons. The Kier molecular flexibility index (Phi) is 6.74. The van der Waals surface area contributed by atoms with E-state index in [0.717, 1.165) is 0 Å². The third-order valence-corrected chi connectivity index (χ3v) is 5.68. The van der Waals surface area contributed by atoms with Crippen molar-refractivity contribution in [3.63, 3.8) is 0 Å². The molecule has 0 saturated heterocycles. The number of carbonyl (C=O) groups excluding carboxylic acids is 1. The molecule has 0 aromatic heterocycles. The van der Waals surface area contributed by atoms with Gasteiger partial charge in [-0.05, 0) is 41.5 Å². The van der Waals surface area contributed by atoms with Crippen LogP contribution in [-0.2, 0) is 13.3 Å². The van der Waals surface area contributed by atoms with E-state index < -0.39 is 8.80 Å². The van der Waals surface area contributed by atoms with Gasteiger partial charge in [0, 0.05) is 23.9 Å². The zero-order valence-corrected chi connectivity index (χ0v) is 14.8. The van der Waals surface area contributed by atoms with Gasteiger partial charge in [-0.1, -0.05) is 30.3 Å². The fraction of sp³-hybridized carbons (Fsp3) is 0.562. The summed E-state index contributed by atoms with van der Waals surface area (Å²) in [4.78, 5) is 13.0. The zero-order chi connectivity index (χ0) is 16.0. The first-order valence-electron chi connectivity index (χ1n) is 7.40. The monoisotopic (exact) mass is 310 g/mol. The molecule has 4 nitrogen and oxygen atoms in total. The molecule has 0 fully saturated rings. The second-order valence-electron chi connectivity index (χ2n) is 5.75. The van der Waals surface area contributed by atoms with Gasteiger partial charge in [0.2, 0.25) is 5.41 Å². The normalized spacial score (nSPS) is 12.4. The van der Waals surface area contributed by atoms with E-state index >= 15 is 0 Å². The van der Waals surface area contributed by atoms with Gasteiger partial charge in [-0.25, -0.2) is 0 Å². The molecule has 5 heteroatoms. The topological polar surface area (TPSA) is 44.8 Å². The predicted octanol–water partition coefficient (Wildman–Crippen LogP) is 3.62. The lowest BCUT2D eigenvalue weighted by Crippen LogP contribution is -2.57. The van der Waals surface area contributed by atoms with Gasteiger partial charge in [-0.3, -0.25) is 4.79 Å². The maximum atomic E-state index is 13.0. The van der Waals surface area contributed by atoms with E-state index in [0.29, 0.717) is 5.56 Å². The van der Waals surface area contributed by atoms with E-state index in [4.69, 9.17) is 13.3 Å². The first-order valence-corrected chi connectivity index (χ1v) is 9.12. The van der Waals surface area contributed by atoms with Crippen LogP contribution in [-0.4, -0.2) is 32.5 Å². The van der Waals surface area contributed by atoms with Crippen LogP contribution >= 0.6 is 0 Å². The summed E-state index contributed by atoms with van der Waals surface area (Å²) in [7, 11) is -3.47. The van der Waals surface area contributed by atoms with Crippen molar-refractivity contribution < 1.29 is 18.1 Å². The van der Waals surface area contributed by atoms with E-state index in [1.165, 1.54) is 0 Å². The van der Waals surface area contributed by atoms with E-state index in [-0.39, 0.29) is 23.7 Å². The molecule has 0 aliphatic carbocycles. The average Bonchev–Trinajstić information content (AvgIpc) is 2.36. The first-order chi connectivity index (χ1) is 9.77. The highest BCUT2D eigenvalue weighted by Crippen LogP contribution is 2.22. The van der Waals surface area contributed by atoms with Crippen LogP contribution in [0, 0.1) is 0 Å². The molecular formula is C16H26O4Si. The van der Waals surface area contributed by atoms with E-state index in [1.54, 1.807) is 12.1 Å². The highest BCUT2D eigenvalue weighted by Gasteiger charge is 2.53. The Labute approximate surface area is 128 Å². The average molecular weight is 310 g/mol. The van der Waals surface area contributed by atoms with Crippen molar-refractivity contribution in [3.8, 4) is 0 Å². The lowest BCUT2D eigenvalue weighted by Gasteiger charge is -2.33. The Morgan fingerprint density at radius 2 is 1.19 bits per heavy atom. The molecule has 0 unspecified atom stereocenters. The van der Waals surface area contributed by atoms with Gasteiger partial charge in [0.15, 0.2) is 0 Å². The molecule has 0 spiro atoms. The van der Waals surface area contributed by atoms with Crippen LogP contribution in [0.25, 0.3) is 0 Å². The van der Waals surface area contributed by atoms with Crippen LogP contribution < -0.4 is 0 Å². The molecule has 0 N–H and O–H groups in total. The number of hydrogen-bond acceptors (Lipinski definition) is 4. The minimum absolute atomic E-state index is 0.151. The molecule has 1 aromatic carbocycles. The quantitative estimate of drug-likeness (QED) is 0.688. The molecule has 0 atom stereocenters. The minimum Gasteiger partial charge on any atom is -0.366 e. The maximum absolute atomic E-state index is 13.0. The highest BCUT2D eigenvalue weighted by atomic mass is 28.4. The maximum Gasteiger partial charge on any atom is 0.580 e. The van der Waals surface area contributed by atoms with Gasteiger partial charge in [0.25, 0.3) is 0 Å². The van der Waals surface area contributed by atoms with Crippen molar-refractivity contribution in [2.75, 3.05) is 0 Å². The largest absolute Gasteiger partial charge is 0.580 e. The highest BCUT2D eigenvalue weighted by molar-refractivity contribution is 6.95. The number of hydrogen-bond donors (Lipinski definition) is 0.